The number of nitrogens with zero attached hydrogens (tertiary/aromatic N) is 1. The van der Waals surface area contributed by atoms with Crippen LogP contribution < -0.4 is 10.5 Å². The van der Waals surface area contributed by atoms with Gasteiger partial charge in [0.2, 0.25) is 0 Å². The predicted molar refractivity (Wildman–Crippen MR) is 81.9 cm³/mol. The van der Waals surface area contributed by atoms with Crippen LogP contribution in [-0.4, -0.2) is 17.8 Å². The highest BCUT2D eigenvalue weighted by atomic mass is 35.5. The highest BCUT2D eigenvalue weighted by Gasteiger charge is 2.29. The van der Waals surface area contributed by atoms with Crippen molar-refractivity contribution in [2.75, 3.05) is 12.3 Å². The number of aromatic nitrogens is 1. The van der Waals surface area contributed by atoms with Crippen molar-refractivity contribution in [1.29, 1.82) is 0 Å². The zero-order chi connectivity index (χ0) is 18.5. The fraction of sp³-hybridized carbons (Fsp3) is 0.267. The van der Waals surface area contributed by atoms with Crippen LogP contribution in [-0.2, 0) is 0 Å². The molecule has 1 aromatic heterocycles. The SMILES string of the molecule is CC.Nc1cc(Cl)c(-c2cnc(OCC(F)(F)F)c(F)c2)cc1F. The summed E-state index contributed by atoms with van der Waals surface area (Å²) in [6, 6.07) is 2.96. The number of hydrogen-bond acceptors (Lipinski definition) is 3. The normalized spacial score (nSPS) is 10.8. The largest absolute Gasteiger partial charge is 0.466 e. The van der Waals surface area contributed by atoms with E-state index in [0.717, 1.165) is 24.4 Å². The quantitative estimate of drug-likeness (QED) is 0.596. The molecule has 9 heteroatoms. The number of ether oxygens (including phenoxy) is 1. The number of hydrogen-bond donors (Lipinski definition) is 1. The van der Waals surface area contributed by atoms with E-state index in [1.54, 1.807) is 0 Å². The third kappa shape index (κ3) is 5.23. The lowest BCUT2D eigenvalue weighted by molar-refractivity contribution is -0.154. The average Bonchev–Trinajstić information content (AvgIpc) is 2.51. The summed E-state index contributed by atoms with van der Waals surface area (Å²) >= 11 is 5.87. The Balaban J connectivity index is 0.00000139. The molecule has 0 radical (unpaired) electrons. The third-order valence-electron chi connectivity index (χ3n) is 2.58. The molecule has 1 aromatic carbocycles. The van der Waals surface area contributed by atoms with Crippen LogP contribution in [0.4, 0.5) is 27.6 Å². The summed E-state index contributed by atoms with van der Waals surface area (Å²) in [5.41, 5.74) is 5.31. The van der Waals surface area contributed by atoms with Gasteiger partial charge in [-0.05, 0) is 18.2 Å². The van der Waals surface area contributed by atoms with Crippen LogP contribution in [0.2, 0.25) is 5.02 Å². The molecule has 2 N–H and O–H groups in total. The summed E-state index contributed by atoms with van der Waals surface area (Å²) < 4.78 is 67.4. The number of benzene rings is 1. The fourth-order valence-corrected chi connectivity index (χ4v) is 1.89. The number of nitrogen functional groups attached to an aromatic ring is 1. The van der Waals surface area contributed by atoms with Gasteiger partial charge in [-0.3, -0.25) is 0 Å². The number of alkyl halides is 3. The van der Waals surface area contributed by atoms with Crippen LogP contribution in [0.5, 0.6) is 5.88 Å². The molecule has 0 saturated heterocycles. The van der Waals surface area contributed by atoms with E-state index in [9.17, 15) is 22.0 Å². The van der Waals surface area contributed by atoms with E-state index >= 15 is 0 Å². The van der Waals surface area contributed by atoms with E-state index in [-0.39, 0.29) is 21.8 Å². The van der Waals surface area contributed by atoms with Crippen molar-refractivity contribution in [3.05, 3.63) is 41.1 Å². The summed E-state index contributed by atoms with van der Waals surface area (Å²) in [5.74, 6) is -2.71. The smallest absolute Gasteiger partial charge is 0.422 e. The minimum absolute atomic E-state index is 0.0454. The van der Waals surface area contributed by atoms with Crippen LogP contribution in [0, 0.1) is 11.6 Å². The predicted octanol–water partition coefficient (Wildman–Crippen LogP) is 5.23. The number of halogens is 6. The van der Waals surface area contributed by atoms with Crippen molar-refractivity contribution in [3.8, 4) is 17.0 Å². The second-order valence-electron chi connectivity index (χ2n) is 4.27. The maximum absolute atomic E-state index is 13.7. The summed E-state index contributed by atoms with van der Waals surface area (Å²) in [6.07, 6.45) is -3.60. The zero-order valence-corrected chi connectivity index (χ0v) is 13.5. The van der Waals surface area contributed by atoms with Crippen molar-refractivity contribution >= 4 is 17.3 Å². The summed E-state index contributed by atoms with van der Waals surface area (Å²) in [6.45, 7) is 2.33. The molecule has 0 aliphatic carbocycles. The van der Waals surface area contributed by atoms with E-state index in [1.165, 1.54) is 0 Å². The Hall–Kier alpha value is -2.09. The molecule has 2 aromatic rings. The Bertz CT molecular complexity index is 707. The summed E-state index contributed by atoms with van der Waals surface area (Å²) in [7, 11) is 0. The van der Waals surface area contributed by atoms with E-state index in [2.05, 4.69) is 9.72 Å². The molecular formula is C15H14ClF5N2O. The van der Waals surface area contributed by atoms with Gasteiger partial charge in [0.05, 0.1) is 10.7 Å². The highest BCUT2D eigenvalue weighted by molar-refractivity contribution is 6.33. The summed E-state index contributed by atoms with van der Waals surface area (Å²) in [4.78, 5) is 3.44. The molecule has 3 nitrogen and oxygen atoms in total. The maximum Gasteiger partial charge on any atom is 0.422 e. The van der Waals surface area contributed by atoms with Gasteiger partial charge < -0.3 is 10.5 Å². The second-order valence-corrected chi connectivity index (χ2v) is 4.68. The molecule has 0 saturated carbocycles. The van der Waals surface area contributed by atoms with E-state index < -0.39 is 30.3 Å². The lowest BCUT2D eigenvalue weighted by Gasteiger charge is -2.11. The van der Waals surface area contributed by atoms with Crippen molar-refractivity contribution in [2.45, 2.75) is 20.0 Å². The molecule has 0 amide bonds. The fourth-order valence-electron chi connectivity index (χ4n) is 1.61. The van der Waals surface area contributed by atoms with E-state index in [1.807, 2.05) is 13.8 Å². The Labute approximate surface area is 140 Å². The minimum Gasteiger partial charge on any atom is -0.466 e. The standard InChI is InChI=1S/C13H8ClF5N2O.C2H6/c14-8-3-11(20)9(15)2-7(8)6-1-10(16)12(21-4-6)22-5-13(17,18)19;1-2/h1-4H,5,20H2;1-2H3. The first-order chi connectivity index (χ1) is 11.2. The molecule has 24 heavy (non-hydrogen) atoms. The van der Waals surface area contributed by atoms with Gasteiger partial charge in [-0.25, -0.2) is 13.8 Å². The average molecular weight is 369 g/mol. The summed E-state index contributed by atoms with van der Waals surface area (Å²) in [5, 5.41) is 0.0454. The van der Waals surface area contributed by atoms with Gasteiger partial charge in [-0.1, -0.05) is 25.4 Å². The molecule has 0 aliphatic heterocycles. The Morgan fingerprint density at radius 2 is 1.75 bits per heavy atom. The topological polar surface area (TPSA) is 48.1 Å². The first kappa shape index (κ1) is 20.0. The minimum atomic E-state index is -4.61. The van der Waals surface area contributed by atoms with E-state index in [0.29, 0.717) is 0 Å². The van der Waals surface area contributed by atoms with Gasteiger partial charge in [-0.2, -0.15) is 13.2 Å². The van der Waals surface area contributed by atoms with Crippen LogP contribution in [0.3, 0.4) is 0 Å². The van der Waals surface area contributed by atoms with Gasteiger partial charge in [0.15, 0.2) is 12.4 Å². The molecule has 0 atom stereocenters. The van der Waals surface area contributed by atoms with Gasteiger partial charge >= 0.3 is 6.18 Å². The van der Waals surface area contributed by atoms with Gasteiger partial charge in [-0.15, -0.1) is 0 Å². The molecular weight excluding hydrogens is 355 g/mol. The first-order valence-electron chi connectivity index (χ1n) is 6.77. The zero-order valence-electron chi connectivity index (χ0n) is 12.7. The number of anilines is 1. The van der Waals surface area contributed by atoms with Crippen LogP contribution in [0.1, 0.15) is 13.8 Å². The van der Waals surface area contributed by atoms with Crippen molar-refractivity contribution in [3.63, 3.8) is 0 Å². The molecule has 0 unspecified atom stereocenters. The van der Waals surface area contributed by atoms with Crippen molar-refractivity contribution < 1.29 is 26.7 Å². The molecule has 0 aliphatic rings. The lowest BCUT2D eigenvalue weighted by Crippen LogP contribution is -2.20. The molecule has 0 fully saturated rings. The van der Waals surface area contributed by atoms with Crippen molar-refractivity contribution in [2.24, 2.45) is 0 Å². The van der Waals surface area contributed by atoms with Crippen molar-refractivity contribution in [1.82, 2.24) is 4.98 Å². The maximum atomic E-state index is 13.7. The van der Waals surface area contributed by atoms with E-state index in [4.69, 9.17) is 17.3 Å². The molecule has 2 rings (SSSR count). The monoisotopic (exact) mass is 368 g/mol. The van der Waals surface area contributed by atoms with Gasteiger partial charge in [0.1, 0.15) is 5.82 Å². The Morgan fingerprint density at radius 1 is 1.12 bits per heavy atom. The molecule has 1 heterocycles. The Morgan fingerprint density at radius 3 is 2.29 bits per heavy atom. The lowest BCUT2D eigenvalue weighted by atomic mass is 10.1. The second kappa shape index (κ2) is 8.14. The number of pyridine rings is 1. The van der Waals surface area contributed by atoms with Crippen LogP contribution in [0.15, 0.2) is 24.4 Å². The molecule has 132 valence electrons. The third-order valence-corrected chi connectivity index (χ3v) is 2.89. The van der Waals surface area contributed by atoms with Crippen LogP contribution >= 0.6 is 11.6 Å². The number of rotatable bonds is 3. The molecule has 0 spiro atoms. The Kier molecular flexibility index (Phi) is 6.77. The van der Waals surface area contributed by atoms with Gasteiger partial charge in [0.25, 0.3) is 5.88 Å². The van der Waals surface area contributed by atoms with Crippen LogP contribution in [0.25, 0.3) is 11.1 Å². The molecule has 0 bridgehead atoms. The highest BCUT2D eigenvalue weighted by Crippen LogP contribution is 2.32. The van der Waals surface area contributed by atoms with Gasteiger partial charge in [0, 0.05) is 17.3 Å². The number of nitrogens with two attached hydrogens (primary N) is 1. The first-order valence-corrected chi connectivity index (χ1v) is 7.15.